The molecule has 1 aromatic heterocycles. The number of ether oxygens (including phenoxy) is 1. The Labute approximate surface area is 154 Å². The fourth-order valence-electron chi connectivity index (χ4n) is 2.46. The first-order valence-corrected chi connectivity index (χ1v) is 10.1. The lowest BCUT2D eigenvalue weighted by atomic mass is 10.3. The van der Waals surface area contributed by atoms with E-state index in [1.54, 1.807) is 0 Å². The molecule has 2 aromatic rings. The molecule has 3 rings (SSSR count). The standard InChI is InChI=1S/C17H19N3O3S2/c1-23-17(22)14-9-15(20(19-14)12-5-3-2-4-6-12)16(21)18-10-13-11-24-7-8-25-13/h2-6,9,13H,7-8,10-11H2,1H3,(H,18,21). The highest BCUT2D eigenvalue weighted by Crippen LogP contribution is 2.23. The Morgan fingerprint density at radius 1 is 1.32 bits per heavy atom. The molecule has 1 aliphatic heterocycles. The van der Waals surface area contributed by atoms with E-state index in [1.165, 1.54) is 23.6 Å². The van der Waals surface area contributed by atoms with Gasteiger partial charge in [-0.1, -0.05) is 18.2 Å². The Balaban J connectivity index is 1.81. The van der Waals surface area contributed by atoms with Crippen molar-refractivity contribution < 1.29 is 14.3 Å². The molecule has 8 heteroatoms. The Morgan fingerprint density at radius 3 is 2.80 bits per heavy atom. The predicted octanol–water partition coefficient (Wildman–Crippen LogP) is 2.24. The van der Waals surface area contributed by atoms with Crippen LogP contribution in [0, 0.1) is 0 Å². The molecule has 1 aliphatic rings. The lowest BCUT2D eigenvalue weighted by Gasteiger charge is -2.21. The third-order valence-corrected chi connectivity index (χ3v) is 6.56. The van der Waals surface area contributed by atoms with Crippen LogP contribution in [0.25, 0.3) is 5.69 Å². The average Bonchev–Trinajstić information content (AvgIpc) is 3.12. The number of thioether (sulfide) groups is 2. The average molecular weight is 377 g/mol. The summed E-state index contributed by atoms with van der Waals surface area (Å²) < 4.78 is 6.20. The van der Waals surface area contributed by atoms with E-state index in [0.717, 1.165) is 11.5 Å². The van der Waals surface area contributed by atoms with Gasteiger partial charge >= 0.3 is 5.97 Å². The van der Waals surface area contributed by atoms with Crippen molar-refractivity contribution in [2.75, 3.05) is 30.9 Å². The molecule has 1 aromatic carbocycles. The maximum absolute atomic E-state index is 12.7. The van der Waals surface area contributed by atoms with Crippen molar-refractivity contribution in [3.8, 4) is 5.69 Å². The SMILES string of the molecule is COC(=O)c1cc(C(=O)NCC2CSCCS2)n(-c2ccccc2)n1. The molecule has 1 unspecified atom stereocenters. The summed E-state index contributed by atoms with van der Waals surface area (Å²) in [6, 6.07) is 10.7. The molecule has 0 radical (unpaired) electrons. The van der Waals surface area contributed by atoms with Gasteiger partial charge in [0, 0.05) is 35.1 Å². The summed E-state index contributed by atoms with van der Waals surface area (Å²) in [7, 11) is 1.29. The van der Waals surface area contributed by atoms with E-state index in [0.29, 0.717) is 23.2 Å². The van der Waals surface area contributed by atoms with Crippen LogP contribution < -0.4 is 5.32 Å². The van der Waals surface area contributed by atoms with E-state index in [9.17, 15) is 9.59 Å². The summed E-state index contributed by atoms with van der Waals surface area (Å²) in [5.41, 5.74) is 1.14. The molecule has 2 heterocycles. The van der Waals surface area contributed by atoms with Crippen LogP contribution in [0.15, 0.2) is 36.4 Å². The number of para-hydroxylation sites is 1. The summed E-state index contributed by atoms with van der Waals surface area (Å²) in [6.45, 7) is 0.601. The molecule has 1 fully saturated rings. The second-order valence-electron chi connectivity index (χ2n) is 5.43. The molecule has 1 N–H and O–H groups in total. The molecule has 1 atom stereocenters. The van der Waals surface area contributed by atoms with E-state index in [1.807, 2.05) is 53.9 Å². The second-order valence-corrected chi connectivity index (χ2v) is 7.99. The van der Waals surface area contributed by atoms with Gasteiger partial charge in [-0.05, 0) is 12.1 Å². The van der Waals surface area contributed by atoms with Crippen molar-refractivity contribution in [2.45, 2.75) is 5.25 Å². The van der Waals surface area contributed by atoms with Crippen molar-refractivity contribution >= 4 is 35.4 Å². The van der Waals surface area contributed by atoms with E-state index >= 15 is 0 Å². The molecule has 1 amide bonds. The molecule has 0 saturated carbocycles. The number of methoxy groups -OCH3 is 1. The van der Waals surface area contributed by atoms with Gasteiger partial charge < -0.3 is 10.1 Å². The minimum absolute atomic E-state index is 0.110. The summed E-state index contributed by atoms with van der Waals surface area (Å²) >= 11 is 3.79. The molecule has 0 spiro atoms. The number of hydrogen-bond acceptors (Lipinski definition) is 6. The fourth-order valence-corrected chi connectivity index (χ4v) is 5.08. The van der Waals surface area contributed by atoms with Crippen LogP contribution in [0.1, 0.15) is 21.0 Å². The lowest BCUT2D eigenvalue weighted by Crippen LogP contribution is -2.34. The number of nitrogens with one attached hydrogen (secondary N) is 1. The zero-order valence-corrected chi connectivity index (χ0v) is 15.4. The summed E-state index contributed by atoms with van der Waals surface area (Å²) in [5, 5.41) is 7.61. The number of rotatable bonds is 5. The summed E-state index contributed by atoms with van der Waals surface area (Å²) in [5.74, 6) is 2.50. The van der Waals surface area contributed by atoms with Gasteiger partial charge in [0.2, 0.25) is 0 Å². The molecule has 132 valence electrons. The molecule has 0 aliphatic carbocycles. The molecule has 6 nitrogen and oxygen atoms in total. The molecule has 25 heavy (non-hydrogen) atoms. The summed E-state index contributed by atoms with van der Waals surface area (Å²) in [4.78, 5) is 24.5. The van der Waals surface area contributed by atoms with Gasteiger partial charge in [0.15, 0.2) is 5.69 Å². The Bertz CT molecular complexity index is 743. The number of hydrogen-bond donors (Lipinski definition) is 1. The van der Waals surface area contributed by atoms with Crippen LogP contribution in [-0.4, -0.2) is 57.8 Å². The third kappa shape index (κ3) is 4.38. The number of benzene rings is 1. The highest BCUT2D eigenvalue weighted by Gasteiger charge is 2.22. The van der Waals surface area contributed by atoms with Crippen LogP contribution in [0.2, 0.25) is 0 Å². The van der Waals surface area contributed by atoms with Gasteiger partial charge in [-0.3, -0.25) is 4.79 Å². The van der Waals surface area contributed by atoms with E-state index in [4.69, 9.17) is 4.74 Å². The quantitative estimate of drug-likeness (QED) is 0.806. The van der Waals surface area contributed by atoms with Crippen LogP contribution >= 0.6 is 23.5 Å². The van der Waals surface area contributed by atoms with Crippen molar-refractivity contribution in [1.29, 1.82) is 0 Å². The normalized spacial score (nSPS) is 17.1. The van der Waals surface area contributed by atoms with Crippen molar-refractivity contribution in [1.82, 2.24) is 15.1 Å². The number of carbonyl (C=O) groups is 2. The number of aromatic nitrogens is 2. The largest absolute Gasteiger partial charge is 0.464 e. The molecule has 1 saturated heterocycles. The maximum Gasteiger partial charge on any atom is 0.358 e. The third-order valence-electron chi connectivity index (χ3n) is 3.71. The zero-order chi connectivity index (χ0) is 17.6. The lowest BCUT2D eigenvalue weighted by molar-refractivity contribution is 0.0593. The van der Waals surface area contributed by atoms with Gasteiger partial charge in [-0.15, -0.1) is 0 Å². The van der Waals surface area contributed by atoms with Gasteiger partial charge in [-0.25, -0.2) is 9.48 Å². The van der Waals surface area contributed by atoms with Crippen LogP contribution in [0.5, 0.6) is 0 Å². The number of amides is 1. The number of esters is 1. The first-order valence-electron chi connectivity index (χ1n) is 7.90. The van der Waals surface area contributed by atoms with Crippen LogP contribution in [0.3, 0.4) is 0 Å². The first kappa shape index (κ1) is 17.9. The minimum atomic E-state index is -0.567. The maximum atomic E-state index is 12.7. The van der Waals surface area contributed by atoms with Gasteiger partial charge in [-0.2, -0.15) is 28.6 Å². The fraction of sp³-hybridized carbons (Fsp3) is 0.353. The van der Waals surface area contributed by atoms with Crippen molar-refractivity contribution in [3.63, 3.8) is 0 Å². The zero-order valence-electron chi connectivity index (χ0n) is 13.8. The first-order chi connectivity index (χ1) is 12.2. The number of carbonyl (C=O) groups excluding carboxylic acids is 2. The van der Waals surface area contributed by atoms with Gasteiger partial charge in [0.1, 0.15) is 5.69 Å². The Kier molecular flexibility index (Phi) is 6.04. The van der Waals surface area contributed by atoms with Crippen LogP contribution in [-0.2, 0) is 4.74 Å². The van der Waals surface area contributed by atoms with E-state index in [-0.39, 0.29) is 11.6 Å². The minimum Gasteiger partial charge on any atom is -0.464 e. The smallest absolute Gasteiger partial charge is 0.358 e. The van der Waals surface area contributed by atoms with Crippen molar-refractivity contribution in [2.24, 2.45) is 0 Å². The molecular formula is C17H19N3O3S2. The van der Waals surface area contributed by atoms with E-state index in [2.05, 4.69) is 10.4 Å². The van der Waals surface area contributed by atoms with Crippen molar-refractivity contribution in [3.05, 3.63) is 47.8 Å². The van der Waals surface area contributed by atoms with Gasteiger partial charge in [0.05, 0.1) is 12.8 Å². The Hall–Kier alpha value is -1.93. The topological polar surface area (TPSA) is 73.2 Å². The Morgan fingerprint density at radius 2 is 2.12 bits per heavy atom. The van der Waals surface area contributed by atoms with E-state index < -0.39 is 5.97 Å². The number of nitrogens with zero attached hydrogens (tertiary/aromatic N) is 2. The van der Waals surface area contributed by atoms with Gasteiger partial charge in [0.25, 0.3) is 5.91 Å². The molecule has 0 bridgehead atoms. The highest BCUT2D eigenvalue weighted by atomic mass is 32.2. The van der Waals surface area contributed by atoms with Crippen LogP contribution in [0.4, 0.5) is 0 Å². The monoisotopic (exact) mass is 377 g/mol. The highest BCUT2D eigenvalue weighted by molar-refractivity contribution is 8.06. The predicted molar refractivity (Wildman–Crippen MR) is 101 cm³/mol. The summed E-state index contributed by atoms with van der Waals surface area (Å²) in [6.07, 6.45) is 0. The second kappa shape index (κ2) is 8.44. The molecular weight excluding hydrogens is 358 g/mol.